The fraction of sp³-hybridized carbons (Fsp3) is 0.429. The minimum absolute atomic E-state index is 0.0311. The number of hydrogen-bond donors (Lipinski definition) is 2. The van der Waals surface area contributed by atoms with Gasteiger partial charge in [-0.15, -0.1) is 0 Å². The Hall–Kier alpha value is -1.36. The fourth-order valence-electron chi connectivity index (χ4n) is 2.67. The van der Waals surface area contributed by atoms with E-state index < -0.39 is 0 Å². The summed E-state index contributed by atoms with van der Waals surface area (Å²) in [6.45, 7) is 2.34. The van der Waals surface area contributed by atoms with Crippen LogP contribution in [0.15, 0.2) is 30.5 Å². The van der Waals surface area contributed by atoms with Crippen LogP contribution in [0, 0.1) is 0 Å². The van der Waals surface area contributed by atoms with E-state index in [4.69, 9.17) is 10.5 Å². The van der Waals surface area contributed by atoms with Gasteiger partial charge in [-0.2, -0.15) is 0 Å². The summed E-state index contributed by atoms with van der Waals surface area (Å²) in [6.07, 6.45) is 2.13. The van der Waals surface area contributed by atoms with Gasteiger partial charge in [0.15, 0.2) is 0 Å². The van der Waals surface area contributed by atoms with Crippen molar-refractivity contribution in [2.24, 2.45) is 12.8 Å². The Morgan fingerprint density at radius 3 is 3.06 bits per heavy atom. The predicted octanol–water partition coefficient (Wildman–Crippen LogP) is 1.17. The van der Waals surface area contributed by atoms with Crippen LogP contribution in [0.5, 0.6) is 0 Å². The lowest BCUT2D eigenvalue weighted by Crippen LogP contribution is -2.47. The third kappa shape index (κ3) is 1.92. The topological polar surface area (TPSA) is 52.2 Å². The highest BCUT2D eigenvalue weighted by atomic mass is 16.5. The minimum Gasteiger partial charge on any atom is -0.378 e. The first-order valence-electron chi connectivity index (χ1n) is 6.38. The second-order valence-electron chi connectivity index (χ2n) is 4.87. The number of ether oxygens (including phenoxy) is 1. The molecule has 0 saturated carbocycles. The molecule has 0 bridgehead atoms. The first-order chi connectivity index (χ1) is 8.77. The van der Waals surface area contributed by atoms with Crippen molar-refractivity contribution in [3.63, 3.8) is 0 Å². The number of hydrogen-bond acceptors (Lipinski definition) is 3. The molecule has 1 aliphatic rings. The van der Waals surface area contributed by atoms with Crippen molar-refractivity contribution in [3.05, 3.63) is 36.0 Å². The van der Waals surface area contributed by atoms with Crippen LogP contribution in [0.2, 0.25) is 0 Å². The van der Waals surface area contributed by atoms with Gasteiger partial charge >= 0.3 is 0 Å². The number of aryl methyl sites for hydroxylation is 1. The molecule has 18 heavy (non-hydrogen) atoms. The second kappa shape index (κ2) is 4.72. The summed E-state index contributed by atoms with van der Waals surface area (Å²) in [5.74, 6) is 0. The number of rotatable bonds is 2. The number of nitrogens with one attached hydrogen (secondary N) is 1. The van der Waals surface area contributed by atoms with Gasteiger partial charge in [0.1, 0.15) is 0 Å². The Morgan fingerprint density at radius 1 is 1.44 bits per heavy atom. The molecule has 2 aromatic rings. The number of aromatic nitrogens is 1. The third-order valence-electron chi connectivity index (χ3n) is 3.67. The second-order valence-corrected chi connectivity index (χ2v) is 4.87. The molecule has 0 radical (unpaired) electrons. The number of benzene rings is 1. The normalized spacial score (nSPS) is 22.2. The fourth-order valence-corrected chi connectivity index (χ4v) is 2.67. The zero-order valence-corrected chi connectivity index (χ0v) is 10.6. The molecule has 2 heterocycles. The molecule has 3 N–H and O–H groups in total. The van der Waals surface area contributed by atoms with E-state index in [1.165, 1.54) is 16.5 Å². The molecule has 3 rings (SSSR count). The van der Waals surface area contributed by atoms with Gasteiger partial charge in [-0.1, -0.05) is 18.2 Å². The van der Waals surface area contributed by atoms with Gasteiger partial charge in [0.2, 0.25) is 0 Å². The average molecular weight is 245 g/mol. The zero-order chi connectivity index (χ0) is 12.5. The third-order valence-corrected chi connectivity index (χ3v) is 3.67. The van der Waals surface area contributed by atoms with Crippen LogP contribution >= 0.6 is 0 Å². The molecule has 2 atom stereocenters. The van der Waals surface area contributed by atoms with E-state index >= 15 is 0 Å². The molecule has 1 saturated heterocycles. The number of nitrogens with two attached hydrogens (primary N) is 1. The van der Waals surface area contributed by atoms with Crippen LogP contribution in [0.4, 0.5) is 0 Å². The van der Waals surface area contributed by atoms with E-state index in [9.17, 15) is 0 Å². The van der Waals surface area contributed by atoms with Crippen molar-refractivity contribution in [2.45, 2.75) is 12.1 Å². The van der Waals surface area contributed by atoms with E-state index in [1.54, 1.807) is 0 Å². The molecule has 1 fully saturated rings. The first kappa shape index (κ1) is 11.7. The maximum Gasteiger partial charge on any atom is 0.0638 e. The monoisotopic (exact) mass is 245 g/mol. The first-order valence-corrected chi connectivity index (χ1v) is 6.38. The number of morpholine rings is 1. The number of fused-ring (bicyclic) bond motifs is 1. The average Bonchev–Trinajstić information content (AvgIpc) is 2.77. The van der Waals surface area contributed by atoms with Crippen LogP contribution in [0.1, 0.15) is 11.6 Å². The Kier molecular flexibility index (Phi) is 3.07. The molecule has 0 spiro atoms. The van der Waals surface area contributed by atoms with Crippen LogP contribution < -0.4 is 11.1 Å². The van der Waals surface area contributed by atoms with Gasteiger partial charge in [0.25, 0.3) is 0 Å². The van der Waals surface area contributed by atoms with Crippen LogP contribution in [0.3, 0.4) is 0 Å². The van der Waals surface area contributed by atoms with E-state index in [-0.39, 0.29) is 12.1 Å². The number of nitrogens with zero attached hydrogens (tertiary/aromatic N) is 1. The Bertz CT molecular complexity index is 543. The molecule has 1 aromatic heterocycles. The Balaban J connectivity index is 1.98. The molecule has 0 amide bonds. The van der Waals surface area contributed by atoms with Crippen molar-refractivity contribution in [3.8, 4) is 0 Å². The van der Waals surface area contributed by atoms with E-state index in [2.05, 4.69) is 47.4 Å². The van der Waals surface area contributed by atoms with Crippen molar-refractivity contribution < 1.29 is 4.74 Å². The van der Waals surface area contributed by atoms with Gasteiger partial charge in [-0.05, 0) is 11.6 Å². The van der Waals surface area contributed by atoms with E-state index in [0.717, 1.165) is 13.2 Å². The van der Waals surface area contributed by atoms with Crippen LogP contribution in [0.25, 0.3) is 10.9 Å². The standard InChI is InChI=1S/C14H19N3O/c1-17-8-11(10-4-2-3-5-13(10)17)14(15)12-9-18-7-6-16-12/h2-5,8,12,14,16H,6-7,9,15H2,1H3. The molecular formula is C14H19N3O. The minimum atomic E-state index is -0.0311. The van der Waals surface area contributed by atoms with Crippen molar-refractivity contribution >= 4 is 10.9 Å². The highest BCUT2D eigenvalue weighted by Crippen LogP contribution is 2.26. The highest BCUT2D eigenvalue weighted by Gasteiger charge is 2.24. The maximum absolute atomic E-state index is 6.39. The quantitative estimate of drug-likeness (QED) is 0.835. The summed E-state index contributed by atoms with van der Waals surface area (Å²) in [7, 11) is 2.06. The largest absolute Gasteiger partial charge is 0.378 e. The van der Waals surface area contributed by atoms with Crippen molar-refractivity contribution in [1.82, 2.24) is 9.88 Å². The molecular weight excluding hydrogens is 226 g/mol. The summed E-state index contributed by atoms with van der Waals surface area (Å²) >= 11 is 0. The SMILES string of the molecule is Cn1cc(C(N)C2COCCN2)c2ccccc21. The number of para-hydroxylation sites is 1. The maximum atomic E-state index is 6.39. The van der Waals surface area contributed by atoms with Crippen LogP contribution in [-0.2, 0) is 11.8 Å². The smallest absolute Gasteiger partial charge is 0.0638 e. The van der Waals surface area contributed by atoms with Gasteiger partial charge < -0.3 is 20.4 Å². The summed E-state index contributed by atoms with van der Waals surface area (Å²) in [5.41, 5.74) is 8.81. The van der Waals surface area contributed by atoms with Gasteiger partial charge in [-0.25, -0.2) is 0 Å². The Labute approximate surface area is 107 Å². The molecule has 1 aromatic carbocycles. The summed E-state index contributed by atoms with van der Waals surface area (Å²) in [5, 5.41) is 4.67. The van der Waals surface area contributed by atoms with Crippen molar-refractivity contribution in [2.75, 3.05) is 19.8 Å². The van der Waals surface area contributed by atoms with Gasteiger partial charge in [-0.3, -0.25) is 0 Å². The lowest BCUT2D eigenvalue weighted by atomic mass is 9.99. The molecule has 96 valence electrons. The summed E-state index contributed by atoms with van der Waals surface area (Å²) < 4.78 is 7.63. The molecule has 0 aliphatic carbocycles. The molecule has 4 nitrogen and oxygen atoms in total. The van der Waals surface area contributed by atoms with E-state index in [0.29, 0.717) is 6.61 Å². The lowest BCUT2D eigenvalue weighted by Gasteiger charge is -2.28. The molecule has 4 heteroatoms. The van der Waals surface area contributed by atoms with E-state index in [1.807, 2.05) is 0 Å². The highest BCUT2D eigenvalue weighted by molar-refractivity contribution is 5.84. The van der Waals surface area contributed by atoms with Gasteiger partial charge in [0.05, 0.1) is 13.2 Å². The molecule has 1 aliphatic heterocycles. The summed E-state index contributed by atoms with van der Waals surface area (Å²) in [4.78, 5) is 0. The molecule has 2 unspecified atom stereocenters. The predicted molar refractivity (Wildman–Crippen MR) is 72.5 cm³/mol. The van der Waals surface area contributed by atoms with Crippen LogP contribution in [-0.4, -0.2) is 30.4 Å². The Morgan fingerprint density at radius 2 is 2.28 bits per heavy atom. The van der Waals surface area contributed by atoms with Crippen molar-refractivity contribution in [1.29, 1.82) is 0 Å². The zero-order valence-electron chi connectivity index (χ0n) is 10.6. The lowest BCUT2D eigenvalue weighted by molar-refractivity contribution is 0.0686. The summed E-state index contributed by atoms with van der Waals surface area (Å²) in [6, 6.07) is 8.54. The van der Waals surface area contributed by atoms with Gasteiger partial charge in [0, 0.05) is 42.8 Å².